The van der Waals surface area contributed by atoms with Crippen molar-refractivity contribution in [3.8, 4) is 46.0 Å². The van der Waals surface area contributed by atoms with E-state index in [-0.39, 0.29) is 17.2 Å². The van der Waals surface area contributed by atoms with Crippen LogP contribution in [0.5, 0.6) is 46.0 Å². The van der Waals surface area contributed by atoms with Gasteiger partial charge in [0, 0.05) is 18.2 Å². The molecule has 0 aromatic heterocycles. The molecule has 7 rings (SSSR count). The second-order valence-electron chi connectivity index (χ2n) is 10.8. The van der Waals surface area contributed by atoms with Crippen molar-refractivity contribution in [2.45, 2.75) is 0 Å². The summed E-state index contributed by atoms with van der Waals surface area (Å²) in [5, 5.41) is 21.0. The zero-order valence-electron chi connectivity index (χ0n) is 26.4. The Morgan fingerprint density at radius 1 is 0.300 bits per heavy atom. The van der Waals surface area contributed by atoms with Gasteiger partial charge in [-0.3, -0.25) is 27.1 Å². The molecule has 5 N–H and O–H groups in total. The number of aromatic hydroxyl groups is 2. The predicted octanol–water partition coefficient (Wildman–Crippen LogP) is 9.69. The number of phenolic OH excluding ortho intramolecular Hbond substituents is 2. The number of hydrogen-bond acceptors (Lipinski definition) is 11. The van der Waals surface area contributed by atoms with Gasteiger partial charge in [-0.15, -0.1) is 0 Å². The van der Waals surface area contributed by atoms with Gasteiger partial charge in [0.05, 0.1) is 0 Å². The van der Waals surface area contributed by atoms with E-state index in [9.17, 15) is 10.2 Å². The molecule has 0 amide bonds. The third-order valence-electron chi connectivity index (χ3n) is 6.79. The fraction of sp³-hybridized carbons (Fsp3) is 0. The molecule has 6 aromatic carbocycles. The summed E-state index contributed by atoms with van der Waals surface area (Å²) in [5.74, 6) is 1.89. The molecule has 0 spiro atoms. The lowest BCUT2D eigenvalue weighted by Gasteiger charge is -2.34. The van der Waals surface area contributed by atoms with Crippen molar-refractivity contribution in [2.75, 3.05) is 0 Å². The highest BCUT2D eigenvalue weighted by atomic mass is 31.3. The topological polar surface area (TPSA) is 132 Å². The van der Waals surface area contributed by atoms with E-state index in [0.29, 0.717) is 28.7 Å². The Bertz CT molecular complexity index is 1790. The minimum absolute atomic E-state index is 0.0729. The van der Waals surface area contributed by atoms with Gasteiger partial charge in [-0.05, 0) is 60.7 Å². The van der Waals surface area contributed by atoms with E-state index in [1.54, 1.807) is 60.7 Å². The largest absolute Gasteiger partial charge is 0.600 e. The highest BCUT2D eigenvalue weighted by molar-refractivity contribution is 7.93. The van der Waals surface area contributed by atoms with Crippen LogP contribution in [-0.4, -0.2) is 10.2 Å². The summed E-state index contributed by atoms with van der Waals surface area (Å²) in [5.41, 5.74) is 0. The predicted molar refractivity (Wildman–Crippen MR) is 196 cm³/mol. The summed E-state index contributed by atoms with van der Waals surface area (Å²) in [6.07, 6.45) is 0. The second-order valence-corrected chi connectivity index (χ2v) is 17.6. The smallest absolute Gasteiger partial charge is 0.508 e. The lowest BCUT2D eigenvalue weighted by molar-refractivity contribution is 0.384. The number of rotatable bonds is 12. The summed E-state index contributed by atoms with van der Waals surface area (Å²) in [7, 11) is -11.3. The minimum atomic E-state index is -3.85. The number of benzene rings is 6. The van der Waals surface area contributed by atoms with Gasteiger partial charge in [0.15, 0.2) is 34.5 Å². The first-order valence-electron chi connectivity index (χ1n) is 15.4. The molecule has 0 radical (unpaired) electrons. The van der Waals surface area contributed by atoms with E-state index in [4.69, 9.17) is 27.1 Å². The molecule has 1 saturated heterocycles. The van der Waals surface area contributed by atoms with Gasteiger partial charge in [-0.2, -0.15) is 0 Å². The lowest BCUT2D eigenvalue weighted by Crippen LogP contribution is -2.52. The summed E-state index contributed by atoms with van der Waals surface area (Å²) in [4.78, 5) is 10.4. The van der Waals surface area contributed by atoms with Gasteiger partial charge in [0.25, 0.3) is 0 Å². The molecule has 1 aliphatic heterocycles. The Labute approximate surface area is 291 Å². The molecule has 11 nitrogen and oxygen atoms in total. The summed E-state index contributed by atoms with van der Waals surface area (Å²) in [6.45, 7) is 0. The van der Waals surface area contributed by atoms with Gasteiger partial charge in [-0.1, -0.05) is 91.0 Å². The van der Waals surface area contributed by atoms with Crippen molar-refractivity contribution >= 4 is 24.1 Å². The Hall–Kier alpha value is -5.11. The van der Waals surface area contributed by atoms with Crippen molar-refractivity contribution in [1.82, 2.24) is 14.6 Å². The monoisotopic (exact) mass is 728 g/mol. The number of hydrogen-bond donors (Lipinski definition) is 5. The quantitative estimate of drug-likeness (QED) is 0.0772. The fourth-order valence-electron chi connectivity index (χ4n) is 4.81. The van der Waals surface area contributed by atoms with Gasteiger partial charge < -0.3 is 10.2 Å². The van der Waals surface area contributed by atoms with E-state index in [1.807, 2.05) is 91.0 Å². The van der Waals surface area contributed by atoms with E-state index in [1.165, 1.54) is 18.2 Å². The molecule has 0 unspecified atom stereocenters. The summed E-state index contributed by atoms with van der Waals surface area (Å²) in [6, 6.07) is 49.5. The maximum Gasteiger partial charge on any atom is 0.600 e. The van der Waals surface area contributed by atoms with Crippen LogP contribution in [0.4, 0.5) is 0 Å². The van der Waals surface area contributed by atoms with Crippen molar-refractivity contribution in [1.29, 1.82) is 0 Å². The molecule has 0 bridgehead atoms. The molecule has 14 heteroatoms. The maximum absolute atomic E-state index is 10.5. The van der Waals surface area contributed by atoms with E-state index in [0.717, 1.165) is 0 Å². The molecule has 0 aliphatic carbocycles. The molecule has 0 saturated carbocycles. The molecule has 1 aliphatic rings. The van der Waals surface area contributed by atoms with Crippen LogP contribution in [0.25, 0.3) is 0 Å². The van der Waals surface area contributed by atoms with Crippen LogP contribution < -0.4 is 41.7 Å². The normalized spacial score (nSPS) is 15.6. The summed E-state index contributed by atoms with van der Waals surface area (Å²) >= 11 is 0. The SMILES string of the molecule is Oc1cc(O)cc(O[P+]2(Oc3ccccc3)N[P+](Oc3ccccc3)(Oc3ccccc3)N[P+](Oc3ccccc3)(Oc3ccccc3)N2)c1. The molecule has 252 valence electrons. The highest BCUT2D eigenvalue weighted by Gasteiger charge is 2.84. The van der Waals surface area contributed by atoms with Crippen LogP contribution in [0.1, 0.15) is 0 Å². The minimum Gasteiger partial charge on any atom is -0.508 e. The number of phenols is 2. The zero-order valence-corrected chi connectivity index (χ0v) is 29.0. The molecular formula is C36H33N3O8P3+3. The van der Waals surface area contributed by atoms with E-state index in [2.05, 4.69) is 14.6 Å². The highest BCUT2D eigenvalue weighted by Crippen LogP contribution is 2.80. The third kappa shape index (κ3) is 8.36. The standard InChI is InChI=1S/C36H31N3O8P3/c40-29-26-30(41)28-36(27-29)47-50(46-35-24-14-5-15-25-35)38-48(42-31-16-6-1-7-17-31,43-32-18-8-2-9-19-32)37-49(39-50,44-33-20-10-3-11-21-33)45-34-22-12-4-13-23-34/h1-28,37-39H/q+1/p+2. The maximum atomic E-state index is 10.5. The van der Waals surface area contributed by atoms with Crippen LogP contribution >= 0.6 is 24.1 Å². The zero-order chi connectivity index (χ0) is 34.3. The average molecular weight is 729 g/mol. The van der Waals surface area contributed by atoms with E-state index >= 15 is 0 Å². The van der Waals surface area contributed by atoms with Gasteiger partial charge in [0.1, 0.15) is 26.1 Å². The Morgan fingerprint density at radius 2 is 0.520 bits per heavy atom. The van der Waals surface area contributed by atoms with Crippen LogP contribution in [-0.2, 0) is 0 Å². The van der Waals surface area contributed by atoms with Crippen molar-refractivity contribution < 1.29 is 37.4 Å². The van der Waals surface area contributed by atoms with Gasteiger partial charge in [-0.25, -0.2) is 0 Å². The second kappa shape index (κ2) is 14.8. The van der Waals surface area contributed by atoms with Crippen molar-refractivity contribution in [3.63, 3.8) is 0 Å². The molecular weight excluding hydrogens is 695 g/mol. The van der Waals surface area contributed by atoms with Gasteiger partial charge >= 0.3 is 24.1 Å². The Morgan fingerprint density at radius 3 is 0.760 bits per heavy atom. The van der Waals surface area contributed by atoms with Crippen LogP contribution in [0.3, 0.4) is 0 Å². The number of para-hydroxylation sites is 5. The number of nitrogens with one attached hydrogen (secondary N) is 3. The first kappa shape index (κ1) is 33.4. The first-order valence-corrected chi connectivity index (χ1v) is 20.3. The van der Waals surface area contributed by atoms with E-state index < -0.39 is 24.1 Å². The summed E-state index contributed by atoms with van der Waals surface area (Å²) < 4.78 is 40.8. The van der Waals surface area contributed by atoms with Crippen molar-refractivity contribution in [3.05, 3.63) is 170 Å². The van der Waals surface area contributed by atoms with Crippen molar-refractivity contribution in [2.24, 2.45) is 0 Å². The molecule has 50 heavy (non-hydrogen) atoms. The lowest BCUT2D eigenvalue weighted by atomic mass is 10.3. The third-order valence-corrected chi connectivity index (χ3v) is 15.9. The average Bonchev–Trinajstić information content (AvgIpc) is 3.09. The molecule has 0 atom stereocenters. The fourth-order valence-corrected chi connectivity index (χ4v) is 15.3. The molecule has 6 aromatic rings. The van der Waals surface area contributed by atoms with Crippen LogP contribution in [0, 0.1) is 0 Å². The first-order chi connectivity index (χ1) is 24.4. The van der Waals surface area contributed by atoms with Gasteiger partial charge in [0.2, 0.25) is 0 Å². The molecule has 1 fully saturated rings. The Kier molecular flexibility index (Phi) is 9.88. The Balaban J connectivity index is 1.46. The molecule has 1 heterocycles. The van der Waals surface area contributed by atoms with Crippen LogP contribution in [0.15, 0.2) is 170 Å². The van der Waals surface area contributed by atoms with Crippen LogP contribution in [0.2, 0.25) is 0 Å².